The molecule has 0 saturated carbocycles. The first kappa shape index (κ1) is 12.5. The molecule has 2 N–H and O–H groups in total. The van der Waals surface area contributed by atoms with E-state index in [-0.39, 0.29) is 6.04 Å². The van der Waals surface area contributed by atoms with Crippen molar-refractivity contribution in [3.63, 3.8) is 0 Å². The molecule has 0 radical (unpaired) electrons. The summed E-state index contributed by atoms with van der Waals surface area (Å²) in [4.78, 5) is 0. The van der Waals surface area contributed by atoms with E-state index in [2.05, 4.69) is 0 Å². The second-order valence-electron chi connectivity index (χ2n) is 4.14. The summed E-state index contributed by atoms with van der Waals surface area (Å²) in [5, 5.41) is 0. The highest BCUT2D eigenvalue weighted by atomic mass is 16.5. The Morgan fingerprint density at radius 3 is 2.22 bits per heavy atom. The van der Waals surface area contributed by atoms with Crippen LogP contribution in [0.25, 0.3) is 0 Å². The molecule has 0 saturated heterocycles. The van der Waals surface area contributed by atoms with Gasteiger partial charge in [0.1, 0.15) is 17.2 Å². The predicted molar refractivity (Wildman–Crippen MR) is 72.1 cm³/mol. The summed E-state index contributed by atoms with van der Waals surface area (Å²) >= 11 is 0. The van der Waals surface area contributed by atoms with Crippen LogP contribution in [0.5, 0.6) is 17.2 Å². The van der Waals surface area contributed by atoms with Gasteiger partial charge in [0, 0.05) is 12.1 Å². The van der Waals surface area contributed by atoms with Gasteiger partial charge in [-0.05, 0) is 36.8 Å². The number of benzene rings is 2. The lowest BCUT2D eigenvalue weighted by Crippen LogP contribution is -2.04. The second kappa shape index (κ2) is 5.56. The number of ether oxygens (including phenoxy) is 2. The summed E-state index contributed by atoms with van der Waals surface area (Å²) in [5.41, 5.74) is 6.89. The number of methoxy groups -OCH3 is 1. The molecule has 2 aromatic rings. The van der Waals surface area contributed by atoms with E-state index in [0.717, 1.165) is 22.8 Å². The summed E-state index contributed by atoms with van der Waals surface area (Å²) in [7, 11) is 1.64. The van der Waals surface area contributed by atoms with Crippen LogP contribution in [0.3, 0.4) is 0 Å². The zero-order chi connectivity index (χ0) is 13.0. The SMILES string of the molecule is COc1cccc(Oc2ccc([C@@H](C)N)cc2)c1. The Morgan fingerprint density at radius 1 is 0.944 bits per heavy atom. The Morgan fingerprint density at radius 2 is 1.61 bits per heavy atom. The second-order valence-corrected chi connectivity index (χ2v) is 4.14. The molecule has 94 valence electrons. The Balaban J connectivity index is 2.13. The van der Waals surface area contributed by atoms with Crippen LogP contribution >= 0.6 is 0 Å². The third-order valence-electron chi connectivity index (χ3n) is 2.68. The molecule has 3 heteroatoms. The molecule has 0 aromatic heterocycles. The fraction of sp³-hybridized carbons (Fsp3) is 0.200. The number of rotatable bonds is 4. The van der Waals surface area contributed by atoms with E-state index < -0.39 is 0 Å². The van der Waals surface area contributed by atoms with Gasteiger partial charge in [0.25, 0.3) is 0 Å². The quantitative estimate of drug-likeness (QED) is 0.893. The first-order valence-electron chi connectivity index (χ1n) is 5.86. The van der Waals surface area contributed by atoms with Gasteiger partial charge in [0.15, 0.2) is 0 Å². The molecule has 0 bridgehead atoms. The van der Waals surface area contributed by atoms with Crippen molar-refractivity contribution in [2.24, 2.45) is 5.73 Å². The van der Waals surface area contributed by atoms with Crippen molar-refractivity contribution in [1.29, 1.82) is 0 Å². The van der Waals surface area contributed by atoms with Crippen LogP contribution in [0, 0.1) is 0 Å². The van der Waals surface area contributed by atoms with Crippen molar-refractivity contribution in [3.05, 3.63) is 54.1 Å². The standard InChI is InChI=1S/C15H17NO2/c1-11(16)12-6-8-13(9-7-12)18-15-5-3-4-14(10-15)17-2/h3-11H,16H2,1-2H3/t11-/m1/s1. The van der Waals surface area contributed by atoms with Gasteiger partial charge in [-0.2, -0.15) is 0 Å². The zero-order valence-corrected chi connectivity index (χ0v) is 10.6. The van der Waals surface area contributed by atoms with E-state index in [0.29, 0.717) is 0 Å². The summed E-state index contributed by atoms with van der Waals surface area (Å²) in [6.07, 6.45) is 0. The molecule has 1 atom stereocenters. The molecule has 0 spiro atoms. The maximum atomic E-state index is 5.80. The van der Waals surface area contributed by atoms with E-state index in [1.165, 1.54) is 0 Å². The van der Waals surface area contributed by atoms with Crippen LogP contribution < -0.4 is 15.2 Å². The molecule has 2 rings (SSSR count). The molecule has 0 heterocycles. The molecule has 0 aliphatic carbocycles. The normalized spacial score (nSPS) is 11.9. The highest BCUT2D eigenvalue weighted by Crippen LogP contribution is 2.25. The molecule has 0 aliphatic heterocycles. The average molecular weight is 243 g/mol. The highest BCUT2D eigenvalue weighted by molar-refractivity contribution is 5.37. The van der Waals surface area contributed by atoms with E-state index in [9.17, 15) is 0 Å². The lowest BCUT2D eigenvalue weighted by Gasteiger charge is -2.09. The summed E-state index contributed by atoms with van der Waals surface area (Å²) in [5.74, 6) is 2.32. The van der Waals surface area contributed by atoms with Crippen LogP contribution in [-0.2, 0) is 0 Å². The highest BCUT2D eigenvalue weighted by Gasteiger charge is 2.01. The molecule has 0 unspecified atom stereocenters. The number of hydrogen-bond donors (Lipinski definition) is 1. The molecular formula is C15H17NO2. The minimum atomic E-state index is 0.0378. The molecule has 0 fully saturated rings. The molecule has 0 amide bonds. The minimum Gasteiger partial charge on any atom is -0.497 e. The fourth-order valence-corrected chi connectivity index (χ4v) is 1.64. The van der Waals surface area contributed by atoms with E-state index >= 15 is 0 Å². The van der Waals surface area contributed by atoms with Gasteiger partial charge >= 0.3 is 0 Å². The number of hydrogen-bond acceptors (Lipinski definition) is 3. The largest absolute Gasteiger partial charge is 0.497 e. The van der Waals surface area contributed by atoms with Gasteiger partial charge < -0.3 is 15.2 Å². The lowest BCUT2D eigenvalue weighted by molar-refractivity contribution is 0.409. The van der Waals surface area contributed by atoms with Crippen LogP contribution in [0.4, 0.5) is 0 Å². The third-order valence-corrected chi connectivity index (χ3v) is 2.68. The zero-order valence-electron chi connectivity index (χ0n) is 10.6. The maximum Gasteiger partial charge on any atom is 0.131 e. The van der Waals surface area contributed by atoms with Gasteiger partial charge in [-0.3, -0.25) is 0 Å². The van der Waals surface area contributed by atoms with Crippen LogP contribution in [-0.4, -0.2) is 7.11 Å². The van der Waals surface area contributed by atoms with Crippen molar-refractivity contribution in [2.45, 2.75) is 13.0 Å². The molecule has 2 aromatic carbocycles. The van der Waals surface area contributed by atoms with E-state index in [1.54, 1.807) is 7.11 Å². The summed E-state index contributed by atoms with van der Waals surface area (Å²) in [6.45, 7) is 1.96. The lowest BCUT2D eigenvalue weighted by atomic mass is 10.1. The van der Waals surface area contributed by atoms with Crippen molar-refractivity contribution in [2.75, 3.05) is 7.11 Å². The van der Waals surface area contributed by atoms with Crippen molar-refractivity contribution in [3.8, 4) is 17.2 Å². The van der Waals surface area contributed by atoms with Crippen LogP contribution in [0.2, 0.25) is 0 Å². The van der Waals surface area contributed by atoms with Gasteiger partial charge in [-0.1, -0.05) is 18.2 Å². The van der Waals surface area contributed by atoms with Gasteiger partial charge in [0.05, 0.1) is 7.11 Å². The molecule has 0 aliphatic rings. The Kier molecular flexibility index (Phi) is 3.85. The average Bonchev–Trinajstić information content (AvgIpc) is 2.39. The monoisotopic (exact) mass is 243 g/mol. The van der Waals surface area contributed by atoms with Gasteiger partial charge in [0.2, 0.25) is 0 Å². The Labute approximate surface area is 107 Å². The number of nitrogens with two attached hydrogens (primary N) is 1. The van der Waals surface area contributed by atoms with Crippen molar-refractivity contribution < 1.29 is 9.47 Å². The Bertz CT molecular complexity index is 506. The Hall–Kier alpha value is -2.00. The smallest absolute Gasteiger partial charge is 0.131 e. The van der Waals surface area contributed by atoms with E-state index in [4.69, 9.17) is 15.2 Å². The molecular weight excluding hydrogens is 226 g/mol. The first-order chi connectivity index (χ1) is 8.69. The van der Waals surface area contributed by atoms with Gasteiger partial charge in [-0.25, -0.2) is 0 Å². The van der Waals surface area contributed by atoms with Crippen LogP contribution in [0.15, 0.2) is 48.5 Å². The fourth-order valence-electron chi connectivity index (χ4n) is 1.64. The summed E-state index contributed by atoms with van der Waals surface area (Å²) < 4.78 is 10.9. The third kappa shape index (κ3) is 3.02. The van der Waals surface area contributed by atoms with Crippen LogP contribution in [0.1, 0.15) is 18.5 Å². The van der Waals surface area contributed by atoms with Crippen molar-refractivity contribution in [1.82, 2.24) is 0 Å². The topological polar surface area (TPSA) is 44.5 Å². The van der Waals surface area contributed by atoms with Gasteiger partial charge in [-0.15, -0.1) is 0 Å². The minimum absolute atomic E-state index is 0.0378. The van der Waals surface area contributed by atoms with Crippen molar-refractivity contribution >= 4 is 0 Å². The molecule has 18 heavy (non-hydrogen) atoms. The first-order valence-corrected chi connectivity index (χ1v) is 5.86. The summed E-state index contributed by atoms with van der Waals surface area (Å²) in [6, 6.07) is 15.3. The van der Waals surface area contributed by atoms with E-state index in [1.807, 2.05) is 55.5 Å². The molecule has 3 nitrogen and oxygen atoms in total. The predicted octanol–water partition coefficient (Wildman–Crippen LogP) is 3.51. The maximum absolute atomic E-state index is 5.80.